The van der Waals surface area contributed by atoms with Crippen molar-refractivity contribution in [3.63, 3.8) is 0 Å². The number of hydrogen-bond acceptors (Lipinski definition) is 3. The van der Waals surface area contributed by atoms with Gasteiger partial charge in [-0.15, -0.1) is 0 Å². The molecule has 1 heterocycles. The number of carbonyl (C=O) groups is 1. The van der Waals surface area contributed by atoms with Gasteiger partial charge in [0.15, 0.2) is 0 Å². The molecule has 0 amide bonds. The Morgan fingerprint density at radius 1 is 1.26 bits per heavy atom. The Morgan fingerprint density at radius 2 is 1.95 bits per heavy atom. The SMILES string of the molecule is CC(C)CNC1CC(CC(=O)O)CN(CC(C)C)C1. The van der Waals surface area contributed by atoms with Crippen LogP contribution in [0.4, 0.5) is 0 Å². The topological polar surface area (TPSA) is 52.6 Å². The Labute approximate surface area is 117 Å². The summed E-state index contributed by atoms with van der Waals surface area (Å²) in [5.41, 5.74) is 0. The van der Waals surface area contributed by atoms with E-state index in [0.29, 0.717) is 24.3 Å². The summed E-state index contributed by atoms with van der Waals surface area (Å²) in [5, 5.41) is 12.6. The van der Waals surface area contributed by atoms with Crippen LogP contribution in [0.25, 0.3) is 0 Å². The predicted octanol–water partition coefficient (Wildman–Crippen LogP) is 2.05. The fraction of sp³-hybridized carbons (Fsp3) is 0.933. The highest BCUT2D eigenvalue weighted by atomic mass is 16.4. The second kappa shape index (κ2) is 7.85. The number of rotatable bonds is 7. The fourth-order valence-corrected chi connectivity index (χ4v) is 2.91. The largest absolute Gasteiger partial charge is 0.481 e. The van der Waals surface area contributed by atoms with Crippen LogP contribution in [0.2, 0.25) is 0 Å². The number of nitrogens with one attached hydrogen (secondary N) is 1. The zero-order valence-electron chi connectivity index (χ0n) is 12.9. The van der Waals surface area contributed by atoms with Crippen molar-refractivity contribution in [2.45, 2.75) is 46.6 Å². The normalized spacial score (nSPS) is 25.2. The minimum absolute atomic E-state index is 0.287. The second-order valence-electron chi connectivity index (χ2n) is 6.81. The maximum atomic E-state index is 10.9. The van der Waals surface area contributed by atoms with E-state index in [0.717, 1.165) is 32.6 Å². The molecule has 19 heavy (non-hydrogen) atoms. The average molecular weight is 270 g/mol. The number of nitrogens with zero attached hydrogens (tertiary/aromatic N) is 1. The van der Waals surface area contributed by atoms with Crippen LogP contribution in [-0.4, -0.2) is 48.2 Å². The Bertz CT molecular complexity index is 279. The molecule has 0 saturated carbocycles. The van der Waals surface area contributed by atoms with Crippen LogP contribution < -0.4 is 5.32 Å². The van der Waals surface area contributed by atoms with Gasteiger partial charge >= 0.3 is 5.97 Å². The summed E-state index contributed by atoms with van der Waals surface area (Å²) >= 11 is 0. The van der Waals surface area contributed by atoms with Gasteiger partial charge in [-0.25, -0.2) is 0 Å². The number of carboxylic acids is 1. The summed E-state index contributed by atoms with van der Waals surface area (Å²) in [4.78, 5) is 13.4. The van der Waals surface area contributed by atoms with E-state index in [4.69, 9.17) is 5.11 Å². The molecule has 112 valence electrons. The van der Waals surface area contributed by atoms with Crippen LogP contribution in [-0.2, 0) is 4.79 Å². The molecular formula is C15H30N2O2. The standard InChI is InChI=1S/C15H30N2O2/c1-11(2)7-16-14-5-13(6-15(18)19)9-17(10-14)8-12(3)4/h11-14,16H,5-10H2,1-4H3,(H,18,19). The number of hydrogen-bond donors (Lipinski definition) is 2. The van der Waals surface area contributed by atoms with Gasteiger partial charge in [0, 0.05) is 32.1 Å². The van der Waals surface area contributed by atoms with Gasteiger partial charge in [-0.1, -0.05) is 27.7 Å². The first-order valence-electron chi connectivity index (χ1n) is 7.54. The molecule has 0 aliphatic carbocycles. The number of likely N-dealkylation sites (tertiary alicyclic amines) is 1. The van der Waals surface area contributed by atoms with Gasteiger partial charge in [0.05, 0.1) is 0 Å². The van der Waals surface area contributed by atoms with Crippen LogP contribution in [0.15, 0.2) is 0 Å². The van der Waals surface area contributed by atoms with E-state index in [1.165, 1.54) is 0 Å². The molecule has 0 aromatic rings. The number of aliphatic carboxylic acids is 1. The molecule has 0 radical (unpaired) electrons. The summed E-state index contributed by atoms with van der Waals surface area (Å²) in [6.45, 7) is 12.9. The lowest BCUT2D eigenvalue weighted by atomic mass is 9.90. The van der Waals surface area contributed by atoms with E-state index in [1.807, 2.05) is 0 Å². The molecule has 2 atom stereocenters. The molecule has 1 aliphatic heterocycles. The molecular weight excluding hydrogens is 240 g/mol. The molecule has 1 fully saturated rings. The molecule has 2 unspecified atom stereocenters. The van der Waals surface area contributed by atoms with Gasteiger partial charge in [-0.3, -0.25) is 4.79 Å². The van der Waals surface area contributed by atoms with Crippen molar-refractivity contribution >= 4 is 5.97 Å². The van der Waals surface area contributed by atoms with E-state index < -0.39 is 5.97 Å². The van der Waals surface area contributed by atoms with Gasteiger partial charge < -0.3 is 15.3 Å². The molecule has 1 rings (SSSR count). The minimum Gasteiger partial charge on any atom is -0.481 e. The first kappa shape index (κ1) is 16.4. The molecule has 0 aromatic heterocycles. The molecule has 4 nitrogen and oxygen atoms in total. The Balaban J connectivity index is 2.52. The monoisotopic (exact) mass is 270 g/mol. The van der Waals surface area contributed by atoms with E-state index in [2.05, 4.69) is 37.9 Å². The maximum Gasteiger partial charge on any atom is 0.303 e. The fourth-order valence-electron chi connectivity index (χ4n) is 2.91. The van der Waals surface area contributed by atoms with Crippen molar-refractivity contribution in [2.75, 3.05) is 26.2 Å². The number of carboxylic acid groups (broad SMARTS) is 1. The van der Waals surface area contributed by atoms with E-state index in [-0.39, 0.29) is 5.92 Å². The highest BCUT2D eigenvalue weighted by Crippen LogP contribution is 2.21. The van der Waals surface area contributed by atoms with E-state index in [9.17, 15) is 4.79 Å². The molecule has 2 N–H and O–H groups in total. The summed E-state index contributed by atoms with van der Waals surface area (Å²) in [6, 6.07) is 0.444. The highest BCUT2D eigenvalue weighted by molar-refractivity contribution is 5.67. The third kappa shape index (κ3) is 6.92. The van der Waals surface area contributed by atoms with Crippen molar-refractivity contribution in [1.29, 1.82) is 0 Å². The van der Waals surface area contributed by atoms with E-state index >= 15 is 0 Å². The van der Waals surface area contributed by atoms with Gasteiger partial charge in [0.1, 0.15) is 0 Å². The summed E-state index contributed by atoms with van der Waals surface area (Å²) < 4.78 is 0. The lowest BCUT2D eigenvalue weighted by Gasteiger charge is -2.39. The van der Waals surface area contributed by atoms with Crippen molar-refractivity contribution in [1.82, 2.24) is 10.2 Å². The van der Waals surface area contributed by atoms with Crippen molar-refractivity contribution in [3.8, 4) is 0 Å². The predicted molar refractivity (Wildman–Crippen MR) is 78.3 cm³/mol. The van der Waals surface area contributed by atoms with Crippen molar-refractivity contribution < 1.29 is 9.90 Å². The molecule has 1 aliphatic rings. The quantitative estimate of drug-likeness (QED) is 0.743. The molecule has 0 aromatic carbocycles. The van der Waals surface area contributed by atoms with Gasteiger partial charge in [-0.05, 0) is 30.7 Å². The lowest BCUT2D eigenvalue weighted by Crippen LogP contribution is -2.51. The molecule has 0 spiro atoms. The van der Waals surface area contributed by atoms with Crippen LogP contribution in [0.1, 0.15) is 40.5 Å². The lowest BCUT2D eigenvalue weighted by molar-refractivity contribution is -0.138. The minimum atomic E-state index is -0.668. The summed E-state index contributed by atoms with van der Waals surface area (Å²) in [6.07, 6.45) is 1.29. The smallest absolute Gasteiger partial charge is 0.303 e. The van der Waals surface area contributed by atoms with Gasteiger partial charge in [0.25, 0.3) is 0 Å². The van der Waals surface area contributed by atoms with Crippen LogP contribution >= 0.6 is 0 Å². The van der Waals surface area contributed by atoms with Gasteiger partial charge in [-0.2, -0.15) is 0 Å². The first-order chi connectivity index (χ1) is 8.86. The molecule has 1 saturated heterocycles. The van der Waals surface area contributed by atoms with Crippen molar-refractivity contribution in [3.05, 3.63) is 0 Å². The third-order valence-electron chi connectivity index (χ3n) is 3.51. The number of piperidine rings is 1. The zero-order chi connectivity index (χ0) is 14.4. The molecule has 4 heteroatoms. The Morgan fingerprint density at radius 3 is 2.47 bits per heavy atom. The molecule has 0 bridgehead atoms. The Hall–Kier alpha value is -0.610. The zero-order valence-corrected chi connectivity index (χ0v) is 12.9. The van der Waals surface area contributed by atoms with E-state index in [1.54, 1.807) is 0 Å². The van der Waals surface area contributed by atoms with Crippen LogP contribution in [0, 0.1) is 17.8 Å². The van der Waals surface area contributed by atoms with Crippen molar-refractivity contribution in [2.24, 2.45) is 17.8 Å². The first-order valence-corrected chi connectivity index (χ1v) is 7.54. The Kier molecular flexibility index (Phi) is 6.80. The summed E-state index contributed by atoms with van der Waals surface area (Å²) in [7, 11) is 0. The van der Waals surface area contributed by atoms with Gasteiger partial charge in [0.2, 0.25) is 0 Å². The third-order valence-corrected chi connectivity index (χ3v) is 3.51. The second-order valence-corrected chi connectivity index (χ2v) is 6.81. The van der Waals surface area contributed by atoms with Crippen LogP contribution in [0.3, 0.4) is 0 Å². The van der Waals surface area contributed by atoms with Crippen LogP contribution in [0.5, 0.6) is 0 Å². The average Bonchev–Trinajstić information content (AvgIpc) is 2.24. The summed E-state index contributed by atoms with van der Waals surface area (Å²) in [5.74, 6) is 0.890. The maximum absolute atomic E-state index is 10.9. The highest BCUT2D eigenvalue weighted by Gasteiger charge is 2.28.